The molecule has 0 radical (unpaired) electrons. The number of pyridine rings is 1. The summed E-state index contributed by atoms with van der Waals surface area (Å²) in [6.07, 6.45) is 1.49. The molecule has 1 aromatic carbocycles. The van der Waals surface area contributed by atoms with Crippen molar-refractivity contribution in [2.45, 2.75) is 0 Å². The first kappa shape index (κ1) is 12.7. The third-order valence-electron chi connectivity index (χ3n) is 2.55. The van der Waals surface area contributed by atoms with E-state index in [1.165, 1.54) is 25.4 Å². The van der Waals surface area contributed by atoms with Crippen LogP contribution in [0.5, 0.6) is 0 Å². The summed E-state index contributed by atoms with van der Waals surface area (Å²) in [5.41, 5.74) is 1.63. The Kier molecular flexibility index (Phi) is 3.51. The Labute approximate surface area is 108 Å². The van der Waals surface area contributed by atoms with Gasteiger partial charge in [-0.05, 0) is 24.3 Å². The van der Waals surface area contributed by atoms with Crippen LogP contribution in [0.15, 0.2) is 42.6 Å². The van der Waals surface area contributed by atoms with Crippen molar-refractivity contribution >= 4 is 11.7 Å². The summed E-state index contributed by atoms with van der Waals surface area (Å²) in [4.78, 5) is 25.6. The topological polar surface area (TPSA) is 82.3 Å². The van der Waals surface area contributed by atoms with Crippen molar-refractivity contribution in [3.63, 3.8) is 0 Å². The second kappa shape index (κ2) is 5.26. The Morgan fingerprint density at radius 3 is 2.53 bits per heavy atom. The van der Waals surface area contributed by atoms with Gasteiger partial charge in [0.2, 0.25) is 0 Å². The molecule has 0 aliphatic rings. The molecule has 6 nitrogen and oxygen atoms in total. The molecule has 6 heteroatoms. The summed E-state index contributed by atoms with van der Waals surface area (Å²) in [5.74, 6) is -0.453. The second-order valence-electron chi connectivity index (χ2n) is 3.73. The molecule has 0 saturated heterocycles. The van der Waals surface area contributed by atoms with Crippen LogP contribution in [-0.4, -0.2) is 23.0 Å². The van der Waals surface area contributed by atoms with Crippen LogP contribution >= 0.6 is 0 Å². The van der Waals surface area contributed by atoms with E-state index >= 15 is 0 Å². The Balaban J connectivity index is 2.36. The first-order chi connectivity index (χ1) is 9.11. The van der Waals surface area contributed by atoms with Crippen LogP contribution in [0.4, 0.5) is 5.69 Å². The zero-order valence-electron chi connectivity index (χ0n) is 10.1. The van der Waals surface area contributed by atoms with Crippen LogP contribution in [0.2, 0.25) is 0 Å². The van der Waals surface area contributed by atoms with Crippen molar-refractivity contribution in [1.82, 2.24) is 4.98 Å². The Morgan fingerprint density at radius 1 is 1.26 bits per heavy atom. The fourth-order valence-corrected chi connectivity index (χ4v) is 1.59. The largest absolute Gasteiger partial charge is 0.465 e. The molecule has 1 aromatic heterocycles. The molecule has 0 spiro atoms. The van der Waals surface area contributed by atoms with Gasteiger partial charge in [-0.15, -0.1) is 0 Å². The van der Waals surface area contributed by atoms with E-state index < -0.39 is 10.9 Å². The standard InChI is InChI=1S/C13H10N2O4/c1-19-13(16)10-6-7-14-12(8-10)9-2-4-11(5-3-9)15(17)18/h2-8H,1H3. The Morgan fingerprint density at radius 2 is 1.95 bits per heavy atom. The van der Waals surface area contributed by atoms with Crippen molar-refractivity contribution in [2.75, 3.05) is 7.11 Å². The van der Waals surface area contributed by atoms with Crippen LogP contribution in [0.25, 0.3) is 11.3 Å². The van der Waals surface area contributed by atoms with Gasteiger partial charge in [0.25, 0.3) is 5.69 Å². The van der Waals surface area contributed by atoms with Crippen molar-refractivity contribution in [2.24, 2.45) is 0 Å². The van der Waals surface area contributed by atoms with Crippen LogP contribution in [0, 0.1) is 10.1 Å². The minimum atomic E-state index is -0.470. The summed E-state index contributed by atoms with van der Waals surface area (Å²) in [6.45, 7) is 0. The molecular weight excluding hydrogens is 248 g/mol. The van der Waals surface area contributed by atoms with Gasteiger partial charge in [-0.2, -0.15) is 0 Å². The third-order valence-corrected chi connectivity index (χ3v) is 2.55. The molecule has 0 saturated carbocycles. The van der Waals surface area contributed by atoms with Gasteiger partial charge in [0.1, 0.15) is 0 Å². The Bertz CT molecular complexity index is 623. The van der Waals surface area contributed by atoms with Crippen LogP contribution in [0.1, 0.15) is 10.4 Å². The smallest absolute Gasteiger partial charge is 0.337 e. The lowest BCUT2D eigenvalue weighted by molar-refractivity contribution is -0.384. The van der Waals surface area contributed by atoms with Gasteiger partial charge in [-0.3, -0.25) is 15.1 Å². The predicted molar refractivity (Wildman–Crippen MR) is 67.7 cm³/mol. The van der Waals surface area contributed by atoms with Crippen LogP contribution in [-0.2, 0) is 4.74 Å². The molecule has 0 atom stereocenters. The van der Waals surface area contributed by atoms with Crippen molar-refractivity contribution in [3.8, 4) is 11.3 Å². The Hall–Kier alpha value is -2.76. The first-order valence-corrected chi connectivity index (χ1v) is 5.41. The van der Waals surface area contributed by atoms with Gasteiger partial charge < -0.3 is 4.74 Å². The molecular formula is C13H10N2O4. The molecule has 0 bridgehead atoms. The van der Waals surface area contributed by atoms with Crippen molar-refractivity contribution in [3.05, 3.63) is 58.3 Å². The van der Waals surface area contributed by atoms with E-state index in [2.05, 4.69) is 9.72 Å². The summed E-state index contributed by atoms with van der Waals surface area (Å²) < 4.78 is 4.62. The SMILES string of the molecule is COC(=O)c1ccnc(-c2ccc([N+](=O)[O-])cc2)c1. The fraction of sp³-hybridized carbons (Fsp3) is 0.0769. The number of nitro benzene ring substituents is 1. The van der Waals surface area contributed by atoms with Gasteiger partial charge in [0.15, 0.2) is 0 Å². The molecule has 0 aliphatic carbocycles. The molecule has 1 heterocycles. The van der Waals surface area contributed by atoms with Crippen LogP contribution in [0.3, 0.4) is 0 Å². The number of esters is 1. The summed E-state index contributed by atoms with van der Waals surface area (Å²) >= 11 is 0. The summed E-state index contributed by atoms with van der Waals surface area (Å²) in [6, 6.07) is 9.07. The van der Waals surface area contributed by atoms with Crippen molar-refractivity contribution < 1.29 is 14.5 Å². The van der Waals surface area contributed by atoms with Crippen LogP contribution < -0.4 is 0 Å². The van der Waals surface area contributed by atoms with Gasteiger partial charge >= 0.3 is 5.97 Å². The van der Waals surface area contributed by atoms with Gasteiger partial charge in [0.05, 0.1) is 23.3 Å². The van der Waals surface area contributed by atoms with Gasteiger partial charge in [0, 0.05) is 23.9 Å². The lowest BCUT2D eigenvalue weighted by atomic mass is 10.1. The van der Waals surface area contributed by atoms with E-state index in [1.54, 1.807) is 24.3 Å². The monoisotopic (exact) mass is 258 g/mol. The number of aromatic nitrogens is 1. The van der Waals surface area contributed by atoms with E-state index in [4.69, 9.17) is 0 Å². The lowest BCUT2D eigenvalue weighted by Crippen LogP contribution is -2.01. The maximum atomic E-state index is 11.4. The summed E-state index contributed by atoms with van der Waals surface area (Å²) in [7, 11) is 1.30. The maximum Gasteiger partial charge on any atom is 0.337 e. The number of ether oxygens (including phenoxy) is 1. The summed E-state index contributed by atoms with van der Waals surface area (Å²) in [5, 5.41) is 10.6. The highest BCUT2D eigenvalue weighted by atomic mass is 16.6. The molecule has 2 aromatic rings. The maximum absolute atomic E-state index is 11.4. The normalized spacial score (nSPS) is 9.95. The average Bonchev–Trinajstić information content (AvgIpc) is 2.46. The quantitative estimate of drug-likeness (QED) is 0.479. The molecule has 0 aliphatic heterocycles. The minimum absolute atomic E-state index is 0.00729. The zero-order valence-corrected chi connectivity index (χ0v) is 10.1. The number of carbonyl (C=O) groups is 1. The number of benzene rings is 1. The number of methoxy groups -OCH3 is 1. The molecule has 0 fully saturated rings. The number of nitro groups is 1. The lowest BCUT2D eigenvalue weighted by Gasteiger charge is -2.03. The van der Waals surface area contributed by atoms with E-state index in [1.807, 2.05) is 0 Å². The second-order valence-corrected chi connectivity index (χ2v) is 3.73. The zero-order chi connectivity index (χ0) is 13.8. The highest BCUT2D eigenvalue weighted by molar-refractivity contribution is 5.90. The van der Waals surface area contributed by atoms with E-state index in [-0.39, 0.29) is 5.69 Å². The number of carbonyl (C=O) groups excluding carboxylic acids is 1. The molecule has 0 N–H and O–H groups in total. The van der Waals surface area contributed by atoms with E-state index in [0.29, 0.717) is 16.8 Å². The number of nitrogens with zero attached hydrogens (tertiary/aromatic N) is 2. The number of rotatable bonds is 3. The van der Waals surface area contributed by atoms with Gasteiger partial charge in [-0.1, -0.05) is 0 Å². The predicted octanol–water partition coefficient (Wildman–Crippen LogP) is 2.44. The molecule has 19 heavy (non-hydrogen) atoms. The molecule has 0 amide bonds. The minimum Gasteiger partial charge on any atom is -0.465 e. The third kappa shape index (κ3) is 2.74. The highest BCUT2D eigenvalue weighted by Crippen LogP contribution is 2.21. The van der Waals surface area contributed by atoms with Gasteiger partial charge in [-0.25, -0.2) is 4.79 Å². The molecule has 0 unspecified atom stereocenters. The number of non-ortho nitro benzene ring substituents is 1. The highest BCUT2D eigenvalue weighted by Gasteiger charge is 2.09. The first-order valence-electron chi connectivity index (χ1n) is 5.41. The average molecular weight is 258 g/mol. The number of hydrogen-bond donors (Lipinski definition) is 0. The number of hydrogen-bond acceptors (Lipinski definition) is 5. The van der Waals surface area contributed by atoms with E-state index in [0.717, 1.165) is 0 Å². The fourth-order valence-electron chi connectivity index (χ4n) is 1.59. The molecule has 2 rings (SSSR count). The molecule has 96 valence electrons. The van der Waals surface area contributed by atoms with Crippen molar-refractivity contribution in [1.29, 1.82) is 0 Å². The van der Waals surface area contributed by atoms with E-state index in [9.17, 15) is 14.9 Å².